The number of aromatic nitrogens is 2. The van der Waals surface area contributed by atoms with Gasteiger partial charge in [-0.2, -0.15) is 0 Å². The number of aromatic amines is 1. The Morgan fingerprint density at radius 1 is 1.47 bits per heavy atom. The van der Waals surface area contributed by atoms with Crippen LogP contribution in [-0.4, -0.2) is 29.3 Å². The molecule has 0 aliphatic rings. The topological polar surface area (TPSA) is 64.2 Å². The van der Waals surface area contributed by atoms with Gasteiger partial charge in [0.15, 0.2) is 0 Å². The molecule has 5 heteroatoms. The number of nitrogens with one attached hydrogen (secondary N) is 1. The van der Waals surface area contributed by atoms with E-state index in [0.717, 1.165) is 0 Å². The molecule has 0 spiro atoms. The molecule has 0 aromatic carbocycles. The Kier molecular flexibility index (Phi) is 4.30. The van der Waals surface area contributed by atoms with E-state index in [4.69, 9.17) is 9.47 Å². The summed E-state index contributed by atoms with van der Waals surface area (Å²) in [6, 6.07) is 1.32. The molecule has 0 atom stereocenters. The second-order valence-electron chi connectivity index (χ2n) is 3.44. The maximum absolute atomic E-state index is 11.0. The monoisotopic (exact) mass is 212 g/mol. The molecule has 0 radical (unpaired) electrons. The van der Waals surface area contributed by atoms with E-state index in [1.165, 1.54) is 6.07 Å². The maximum atomic E-state index is 11.0. The Morgan fingerprint density at radius 3 is 2.80 bits per heavy atom. The van der Waals surface area contributed by atoms with Gasteiger partial charge in [0.05, 0.1) is 18.8 Å². The second kappa shape index (κ2) is 5.50. The summed E-state index contributed by atoms with van der Waals surface area (Å²) in [7, 11) is 0. The molecule has 0 saturated heterocycles. The van der Waals surface area contributed by atoms with Crippen LogP contribution in [0.1, 0.15) is 19.7 Å². The van der Waals surface area contributed by atoms with Crippen molar-refractivity contribution in [1.29, 1.82) is 0 Å². The Labute approximate surface area is 88.4 Å². The summed E-state index contributed by atoms with van der Waals surface area (Å²) < 4.78 is 10.5. The zero-order chi connectivity index (χ0) is 11.3. The number of hydrogen-bond acceptors (Lipinski definition) is 4. The first-order valence-electron chi connectivity index (χ1n) is 4.90. The van der Waals surface area contributed by atoms with Crippen LogP contribution in [0.3, 0.4) is 0 Å². The minimum absolute atomic E-state index is 0.183. The van der Waals surface area contributed by atoms with Crippen LogP contribution in [0, 0.1) is 6.92 Å². The van der Waals surface area contributed by atoms with Crippen molar-refractivity contribution in [2.24, 2.45) is 0 Å². The van der Waals surface area contributed by atoms with E-state index in [1.807, 2.05) is 13.8 Å². The van der Waals surface area contributed by atoms with Crippen LogP contribution in [-0.2, 0) is 4.74 Å². The van der Waals surface area contributed by atoms with E-state index in [1.54, 1.807) is 6.92 Å². The molecule has 0 amide bonds. The summed E-state index contributed by atoms with van der Waals surface area (Å²) in [5.74, 6) is 0.880. The number of aryl methyl sites for hydroxylation is 1. The van der Waals surface area contributed by atoms with Gasteiger partial charge in [-0.25, -0.2) is 4.98 Å². The van der Waals surface area contributed by atoms with Crippen molar-refractivity contribution >= 4 is 0 Å². The molecule has 84 valence electrons. The van der Waals surface area contributed by atoms with E-state index >= 15 is 0 Å². The van der Waals surface area contributed by atoms with Crippen LogP contribution in [0.4, 0.5) is 0 Å². The smallest absolute Gasteiger partial charge is 0.254 e. The van der Waals surface area contributed by atoms with E-state index in [2.05, 4.69) is 9.97 Å². The summed E-state index contributed by atoms with van der Waals surface area (Å²) in [5.41, 5.74) is -0.206. The Bertz CT molecular complexity index is 360. The molecule has 5 nitrogen and oxygen atoms in total. The highest BCUT2D eigenvalue weighted by molar-refractivity contribution is 5.07. The van der Waals surface area contributed by atoms with Crippen molar-refractivity contribution in [2.75, 3.05) is 13.2 Å². The third-order valence-electron chi connectivity index (χ3n) is 1.62. The molecule has 0 aliphatic carbocycles. The van der Waals surface area contributed by atoms with Gasteiger partial charge in [-0.05, 0) is 20.8 Å². The third kappa shape index (κ3) is 4.60. The average molecular weight is 212 g/mol. The van der Waals surface area contributed by atoms with Gasteiger partial charge >= 0.3 is 0 Å². The number of hydrogen-bond donors (Lipinski definition) is 1. The van der Waals surface area contributed by atoms with Gasteiger partial charge in [0.2, 0.25) is 5.88 Å². The van der Waals surface area contributed by atoms with Gasteiger partial charge in [-0.3, -0.25) is 4.79 Å². The molecule has 15 heavy (non-hydrogen) atoms. The fraction of sp³-hybridized carbons (Fsp3) is 0.600. The molecular formula is C10H16N2O3. The molecule has 0 saturated carbocycles. The maximum Gasteiger partial charge on any atom is 0.254 e. The number of H-pyrrole nitrogens is 1. The molecule has 1 aromatic heterocycles. The van der Waals surface area contributed by atoms with E-state index < -0.39 is 0 Å². The highest BCUT2D eigenvalue weighted by atomic mass is 16.5. The lowest BCUT2D eigenvalue weighted by molar-refractivity contribution is 0.0541. The van der Waals surface area contributed by atoms with Gasteiger partial charge < -0.3 is 14.5 Å². The summed E-state index contributed by atoms with van der Waals surface area (Å²) in [6.07, 6.45) is 0.183. The normalized spacial score (nSPS) is 10.7. The molecule has 0 aliphatic heterocycles. The number of rotatable bonds is 5. The van der Waals surface area contributed by atoms with E-state index in [0.29, 0.717) is 24.9 Å². The SMILES string of the molecule is Cc1nc(OCCOC(C)C)cc(=O)[nH]1. The molecule has 1 N–H and O–H groups in total. The lowest BCUT2D eigenvalue weighted by Gasteiger charge is -2.08. The molecule has 0 fully saturated rings. The van der Waals surface area contributed by atoms with Crippen LogP contribution in [0.15, 0.2) is 10.9 Å². The molecule has 0 bridgehead atoms. The number of ether oxygens (including phenoxy) is 2. The van der Waals surface area contributed by atoms with Gasteiger partial charge in [0.25, 0.3) is 5.56 Å². The van der Waals surface area contributed by atoms with Gasteiger partial charge in [-0.15, -0.1) is 0 Å². The predicted molar refractivity (Wildman–Crippen MR) is 56.2 cm³/mol. The van der Waals surface area contributed by atoms with Crippen LogP contribution < -0.4 is 10.3 Å². The Hall–Kier alpha value is -1.36. The van der Waals surface area contributed by atoms with Crippen molar-refractivity contribution in [3.05, 3.63) is 22.2 Å². The average Bonchev–Trinajstić information content (AvgIpc) is 2.10. The minimum Gasteiger partial charge on any atom is -0.475 e. The molecule has 1 heterocycles. The lowest BCUT2D eigenvalue weighted by Crippen LogP contribution is -2.14. The van der Waals surface area contributed by atoms with Crippen LogP contribution in [0.25, 0.3) is 0 Å². The summed E-state index contributed by atoms with van der Waals surface area (Å²) in [5, 5.41) is 0. The Morgan fingerprint density at radius 2 is 2.20 bits per heavy atom. The highest BCUT2D eigenvalue weighted by Gasteiger charge is 1.99. The van der Waals surface area contributed by atoms with Crippen molar-refractivity contribution in [1.82, 2.24) is 9.97 Å². The summed E-state index contributed by atoms with van der Waals surface area (Å²) in [4.78, 5) is 17.6. The number of nitrogens with zero attached hydrogens (tertiary/aromatic N) is 1. The zero-order valence-electron chi connectivity index (χ0n) is 9.24. The standard InChI is InChI=1S/C10H16N2O3/c1-7(2)14-4-5-15-10-6-9(13)11-8(3)12-10/h6-7H,4-5H2,1-3H3,(H,11,12,13). The van der Waals surface area contributed by atoms with Crippen LogP contribution in [0.2, 0.25) is 0 Å². The van der Waals surface area contributed by atoms with Gasteiger partial charge in [-0.1, -0.05) is 0 Å². The third-order valence-corrected chi connectivity index (χ3v) is 1.62. The van der Waals surface area contributed by atoms with Crippen molar-refractivity contribution in [3.8, 4) is 5.88 Å². The van der Waals surface area contributed by atoms with Crippen molar-refractivity contribution in [3.63, 3.8) is 0 Å². The fourth-order valence-corrected chi connectivity index (χ4v) is 1.06. The summed E-state index contributed by atoms with van der Waals surface area (Å²) in [6.45, 7) is 6.50. The largest absolute Gasteiger partial charge is 0.475 e. The van der Waals surface area contributed by atoms with Crippen molar-refractivity contribution in [2.45, 2.75) is 26.9 Å². The fourth-order valence-electron chi connectivity index (χ4n) is 1.06. The first-order valence-corrected chi connectivity index (χ1v) is 4.90. The zero-order valence-corrected chi connectivity index (χ0v) is 9.24. The van der Waals surface area contributed by atoms with Crippen molar-refractivity contribution < 1.29 is 9.47 Å². The summed E-state index contributed by atoms with van der Waals surface area (Å²) >= 11 is 0. The van der Waals surface area contributed by atoms with Crippen LogP contribution in [0.5, 0.6) is 5.88 Å². The second-order valence-corrected chi connectivity index (χ2v) is 3.44. The van der Waals surface area contributed by atoms with Gasteiger partial charge in [0, 0.05) is 0 Å². The molecule has 1 aromatic rings. The van der Waals surface area contributed by atoms with Gasteiger partial charge in [0.1, 0.15) is 12.4 Å². The lowest BCUT2D eigenvalue weighted by atomic mass is 10.5. The minimum atomic E-state index is -0.206. The predicted octanol–water partition coefficient (Wildman–Crippen LogP) is 0.882. The first-order chi connectivity index (χ1) is 7.08. The van der Waals surface area contributed by atoms with Crippen LogP contribution >= 0.6 is 0 Å². The molecule has 1 rings (SSSR count). The molecule has 0 unspecified atom stereocenters. The Balaban J connectivity index is 2.40. The van der Waals surface area contributed by atoms with E-state index in [9.17, 15) is 4.79 Å². The first kappa shape index (κ1) is 11.7. The quantitative estimate of drug-likeness (QED) is 0.736. The molecular weight excluding hydrogens is 196 g/mol. The van der Waals surface area contributed by atoms with E-state index in [-0.39, 0.29) is 11.7 Å². The highest BCUT2D eigenvalue weighted by Crippen LogP contribution is 2.01.